The molecule has 0 saturated carbocycles. The van der Waals surface area contributed by atoms with Crippen LogP contribution in [-0.2, 0) is 19.2 Å². The summed E-state index contributed by atoms with van der Waals surface area (Å²) in [6, 6.07) is -1.85. The van der Waals surface area contributed by atoms with Gasteiger partial charge in [0.05, 0.1) is 6.04 Å². The zero-order valence-corrected chi connectivity index (χ0v) is 17.7. The lowest BCUT2D eigenvalue weighted by Crippen LogP contribution is -2.55. The predicted octanol–water partition coefficient (Wildman–Crippen LogP) is -0.186. The van der Waals surface area contributed by atoms with E-state index in [9.17, 15) is 19.2 Å². The molecule has 1 rings (SSSR count). The fourth-order valence-electron chi connectivity index (χ4n) is 3.64. The Bertz CT molecular complexity index is 569. The second kappa shape index (κ2) is 13.3. The van der Waals surface area contributed by atoms with Gasteiger partial charge in [-0.2, -0.15) is 0 Å². The third-order valence-electron chi connectivity index (χ3n) is 5.22. The lowest BCUT2D eigenvalue weighted by molar-refractivity contribution is -0.142. The van der Waals surface area contributed by atoms with Crippen molar-refractivity contribution in [1.29, 1.82) is 0 Å². The molecule has 3 unspecified atom stereocenters. The van der Waals surface area contributed by atoms with Gasteiger partial charge in [0.2, 0.25) is 17.7 Å². The molecule has 0 aromatic rings. The Balaban J connectivity index is 2.79. The number of rotatable bonds is 13. The topological polar surface area (TPSA) is 148 Å². The number of ketones is 1. The van der Waals surface area contributed by atoms with Crippen LogP contribution in [0.25, 0.3) is 0 Å². The fourth-order valence-corrected chi connectivity index (χ4v) is 3.64. The van der Waals surface area contributed by atoms with Gasteiger partial charge in [-0.05, 0) is 71.4 Å². The minimum atomic E-state index is -0.666. The van der Waals surface area contributed by atoms with Crippen molar-refractivity contribution in [1.82, 2.24) is 15.5 Å². The van der Waals surface area contributed by atoms with E-state index < -0.39 is 18.1 Å². The van der Waals surface area contributed by atoms with Crippen molar-refractivity contribution in [2.24, 2.45) is 11.5 Å². The number of Topliss-reactive ketones (excluding diaryl/α,β-unsaturated/α-hetero) is 1. The number of carbonyl (C=O) groups excluding carboxylic acids is 4. The molecule has 0 bridgehead atoms. The summed E-state index contributed by atoms with van der Waals surface area (Å²) in [5.74, 6) is -0.957. The summed E-state index contributed by atoms with van der Waals surface area (Å²) in [6.45, 7) is 4.34. The van der Waals surface area contributed by atoms with E-state index in [1.807, 2.05) is 0 Å². The SMILES string of the molecule is CC(=O)NC(CCCCN)C(=O)N1CCCC1C(=O)NC(CCCCN)C(C)=O. The molecular formula is C20H37N5O4. The second-order valence-corrected chi connectivity index (χ2v) is 7.68. The van der Waals surface area contributed by atoms with Crippen molar-refractivity contribution in [2.75, 3.05) is 19.6 Å². The third kappa shape index (κ3) is 8.49. The van der Waals surface area contributed by atoms with Gasteiger partial charge in [-0.15, -0.1) is 0 Å². The molecule has 0 spiro atoms. The number of nitrogens with two attached hydrogens (primary N) is 2. The first kappa shape index (κ1) is 25.0. The number of unbranched alkanes of at least 4 members (excludes halogenated alkanes) is 2. The van der Waals surface area contributed by atoms with Crippen LogP contribution in [0.3, 0.4) is 0 Å². The number of likely N-dealkylation sites (tertiary alicyclic amines) is 1. The van der Waals surface area contributed by atoms with Crippen LogP contribution >= 0.6 is 0 Å². The van der Waals surface area contributed by atoms with Gasteiger partial charge in [-0.1, -0.05) is 0 Å². The number of nitrogens with zero attached hydrogens (tertiary/aromatic N) is 1. The van der Waals surface area contributed by atoms with Crippen molar-refractivity contribution < 1.29 is 19.2 Å². The van der Waals surface area contributed by atoms with E-state index in [0.29, 0.717) is 51.7 Å². The number of nitrogens with one attached hydrogen (secondary N) is 2. The van der Waals surface area contributed by atoms with Gasteiger partial charge in [0, 0.05) is 13.5 Å². The zero-order chi connectivity index (χ0) is 21.8. The summed E-state index contributed by atoms with van der Waals surface area (Å²) in [5, 5.41) is 5.51. The molecule has 9 nitrogen and oxygen atoms in total. The van der Waals surface area contributed by atoms with Gasteiger partial charge in [0.25, 0.3) is 0 Å². The number of carbonyl (C=O) groups is 4. The Morgan fingerprint density at radius 2 is 1.52 bits per heavy atom. The van der Waals surface area contributed by atoms with E-state index in [1.165, 1.54) is 18.7 Å². The molecule has 3 amide bonds. The number of amides is 3. The minimum Gasteiger partial charge on any atom is -0.345 e. The van der Waals surface area contributed by atoms with Gasteiger partial charge >= 0.3 is 0 Å². The molecule has 1 heterocycles. The summed E-state index contributed by atoms with van der Waals surface area (Å²) in [5.41, 5.74) is 11.0. The van der Waals surface area contributed by atoms with Crippen molar-refractivity contribution in [3.05, 3.63) is 0 Å². The summed E-state index contributed by atoms with van der Waals surface area (Å²) < 4.78 is 0. The van der Waals surface area contributed by atoms with E-state index in [2.05, 4.69) is 10.6 Å². The Morgan fingerprint density at radius 3 is 2.03 bits per heavy atom. The Hall–Kier alpha value is -2.00. The van der Waals surface area contributed by atoms with Gasteiger partial charge in [0.1, 0.15) is 12.1 Å². The summed E-state index contributed by atoms with van der Waals surface area (Å²) in [7, 11) is 0. The number of hydrogen-bond donors (Lipinski definition) is 4. The monoisotopic (exact) mass is 411 g/mol. The van der Waals surface area contributed by atoms with Crippen LogP contribution in [0.1, 0.15) is 65.2 Å². The maximum absolute atomic E-state index is 13.0. The zero-order valence-electron chi connectivity index (χ0n) is 17.7. The van der Waals surface area contributed by atoms with E-state index in [4.69, 9.17) is 11.5 Å². The van der Waals surface area contributed by atoms with Crippen LogP contribution in [0.4, 0.5) is 0 Å². The molecule has 0 aromatic heterocycles. The quantitative estimate of drug-likeness (QED) is 0.309. The van der Waals surface area contributed by atoms with Crippen LogP contribution in [-0.4, -0.2) is 66.2 Å². The van der Waals surface area contributed by atoms with Crippen LogP contribution in [0.2, 0.25) is 0 Å². The van der Waals surface area contributed by atoms with E-state index in [-0.39, 0.29) is 23.5 Å². The highest BCUT2D eigenvalue weighted by Gasteiger charge is 2.38. The summed E-state index contributed by atoms with van der Waals surface area (Å²) in [6.07, 6.45) is 5.27. The smallest absolute Gasteiger partial charge is 0.245 e. The molecule has 0 radical (unpaired) electrons. The highest BCUT2D eigenvalue weighted by atomic mass is 16.2. The van der Waals surface area contributed by atoms with Crippen molar-refractivity contribution >= 4 is 23.5 Å². The Labute approximate surface area is 173 Å². The molecule has 1 aliphatic rings. The standard InChI is InChI=1S/C20H37N5O4/c1-14(26)16(8-3-5-11-21)24-19(28)18-10-7-13-25(18)20(29)17(23-15(2)27)9-4-6-12-22/h16-18H,3-13,21-22H2,1-2H3,(H,23,27)(H,24,28). The van der Waals surface area contributed by atoms with Crippen molar-refractivity contribution in [3.63, 3.8) is 0 Å². The molecule has 3 atom stereocenters. The van der Waals surface area contributed by atoms with Crippen LogP contribution in [0, 0.1) is 0 Å². The first-order chi connectivity index (χ1) is 13.8. The molecule has 29 heavy (non-hydrogen) atoms. The summed E-state index contributed by atoms with van der Waals surface area (Å²) >= 11 is 0. The predicted molar refractivity (Wildman–Crippen MR) is 111 cm³/mol. The average Bonchev–Trinajstić information content (AvgIpc) is 3.15. The third-order valence-corrected chi connectivity index (χ3v) is 5.22. The van der Waals surface area contributed by atoms with Crippen molar-refractivity contribution in [3.8, 4) is 0 Å². The van der Waals surface area contributed by atoms with Crippen LogP contribution < -0.4 is 22.1 Å². The molecule has 1 fully saturated rings. The maximum Gasteiger partial charge on any atom is 0.245 e. The molecule has 0 aliphatic carbocycles. The molecule has 166 valence electrons. The van der Waals surface area contributed by atoms with Crippen LogP contribution in [0.5, 0.6) is 0 Å². The molecule has 1 aliphatic heterocycles. The van der Waals surface area contributed by atoms with E-state index >= 15 is 0 Å². The average molecular weight is 412 g/mol. The molecular weight excluding hydrogens is 374 g/mol. The normalized spacial score (nSPS) is 18.2. The molecule has 0 aromatic carbocycles. The second-order valence-electron chi connectivity index (χ2n) is 7.68. The first-order valence-electron chi connectivity index (χ1n) is 10.6. The van der Waals surface area contributed by atoms with E-state index in [1.54, 1.807) is 0 Å². The maximum atomic E-state index is 13.0. The fraction of sp³-hybridized carbons (Fsp3) is 0.800. The highest BCUT2D eigenvalue weighted by molar-refractivity contribution is 5.94. The largest absolute Gasteiger partial charge is 0.345 e. The van der Waals surface area contributed by atoms with Gasteiger partial charge < -0.3 is 27.0 Å². The summed E-state index contributed by atoms with van der Waals surface area (Å²) in [4.78, 5) is 50.8. The Morgan fingerprint density at radius 1 is 0.931 bits per heavy atom. The van der Waals surface area contributed by atoms with Gasteiger partial charge in [-0.3, -0.25) is 19.2 Å². The van der Waals surface area contributed by atoms with E-state index in [0.717, 1.165) is 19.3 Å². The molecule has 9 heteroatoms. The highest BCUT2D eigenvalue weighted by Crippen LogP contribution is 2.20. The van der Waals surface area contributed by atoms with Gasteiger partial charge in [-0.25, -0.2) is 0 Å². The molecule has 6 N–H and O–H groups in total. The van der Waals surface area contributed by atoms with Crippen molar-refractivity contribution in [2.45, 2.75) is 83.3 Å². The number of hydrogen-bond acceptors (Lipinski definition) is 6. The van der Waals surface area contributed by atoms with Gasteiger partial charge in [0.15, 0.2) is 5.78 Å². The Kier molecular flexibility index (Phi) is 11.5. The van der Waals surface area contributed by atoms with Crippen LogP contribution in [0.15, 0.2) is 0 Å². The lowest BCUT2D eigenvalue weighted by atomic mass is 10.0. The lowest BCUT2D eigenvalue weighted by Gasteiger charge is -2.29. The first-order valence-corrected chi connectivity index (χ1v) is 10.6. The molecule has 1 saturated heterocycles. The minimum absolute atomic E-state index is 0.107.